The average Bonchev–Trinajstić information content (AvgIpc) is 2.71. The van der Waals surface area contributed by atoms with Crippen molar-refractivity contribution >= 4 is 5.97 Å². The van der Waals surface area contributed by atoms with Crippen molar-refractivity contribution in [3.8, 4) is 17.6 Å². The van der Waals surface area contributed by atoms with Gasteiger partial charge in [-0.15, -0.1) is 0 Å². The topological polar surface area (TPSA) is 59.3 Å². The third-order valence-corrected chi connectivity index (χ3v) is 4.55. The number of para-hydroxylation sites is 1. The Morgan fingerprint density at radius 3 is 2.19 bits per heavy atom. The van der Waals surface area contributed by atoms with Crippen LogP contribution in [0.4, 0.5) is 22.0 Å². The summed E-state index contributed by atoms with van der Waals surface area (Å²) in [5.41, 5.74) is 0.160. The van der Waals surface area contributed by atoms with E-state index in [0.717, 1.165) is 0 Å². The summed E-state index contributed by atoms with van der Waals surface area (Å²) in [6.07, 6.45) is -9.53. The van der Waals surface area contributed by atoms with Crippen molar-refractivity contribution in [2.24, 2.45) is 17.8 Å². The maximum absolute atomic E-state index is 13.4. The number of hydrogen-bond acceptors (Lipinski definition) is 4. The minimum atomic E-state index is -5.11. The van der Waals surface area contributed by atoms with Gasteiger partial charge in [-0.1, -0.05) is 44.2 Å². The van der Waals surface area contributed by atoms with Crippen LogP contribution in [0.15, 0.2) is 66.8 Å². The molecule has 2 aromatic rings. The zero-order valence-corrected chi connectivity index (χ0v) is 17.1. The van der Waals surface area contributed by atoms with Gasteiger partial charge in [-0.2, -0.15) is 27.2 Å². The first-order chi connectivity index (χ1) is 15.0. The van der Waals surface area contributed by atoms with E-state index < -0.39 is 42.1 Å². The van der Waals surface area contributed by atoms with Gasteiger partial charge in [-0.25, -0.2) is 0 Å². The van der Waals surface area contributed by atoms with E-state index in [9.17, 15) is 32.0 Å². The minimum absolute atomic E-state index is 0.160. The van der Waals surface area contributed by atoms with E-state index in [2.05, 4.69) is 0 Å². The van der Waals surface area contributed by atoms with Crippen molar-refractivity contribution in [1.29, 1.82) is 5.26 Å². The number of benzene rings is 2. The second-order valence-electron chi connectivity index (χ2n) is 7.23. The summed E-state index contributed by atoms with van der Waals surface area (Å²) in [5, 5.41) is 9.45. The van der Waals surface area contributed by atoms with Crippen LogP contribution >= 0.6 is 0 Å². The molecule has 0 aliphatic carbocycles. The number of allylic oxidation sites excluding steroid dienone is 1. The Morgan fingerprint density at radius 2 is 1.66 bits per heavy atom. The van der Waals surface area contributed by atoms with Gasteiger partial charge in [0.05, 0.1) is 11.8 Å². The summed E-state index contributed by atoms with van der Waals surface area (Å²) in [7, 11) is 0. The molecule has 0 N–H and O–H groups in total. The Morgan fingerprint density at radius 1 is 1.03 bits per heavy atom. The zero-order chi connectivity index (χ0) is 23.9. The molecule has 0 saturated heterocycles. The Hall–Kier alpha value is -3.41. The van der Waals surface area contributed by atoms with Crippen LogP contribution in [0.2, 0.25) is 0 Å². The molecular formula is C23H20F5NO3. The van der Waals surface area contributed by atoms with E-state index in [1.54, 1.807) is 42.5 Å². The highest BCUT2D eigenvalue weighted by atomic mass is 19.4. The third kappa shape index (κ3) is 6.80. The van der Waals surface area contributed by atoms with Crippen LogP contribution in [-0.2, 0) is 9.53 Å². The summed E-state index contributed by atoms with van der Waals surface area (Å²) in [5.74, 6) is -6.30. The van der Waals surface area contributed by atoms with Crippen molar-refractivity contribution in [2.45, 2.75) is 26.1 Å². The zero-order valence-electron chi connectivity index (χ0n) is 17.1. The molecule has 0 aliphatic rings. The SMILES string of the molecule is CC(C)C(C(=O)OC(C#N)c1cccc(Oc2ccccc2)c1)C(C=C(F)F)C(F)(F)F. The third-order valence-electron chi connectivity index (χ3n) is 4.55. The molecule has 0 aromatic heterocycles. The summed E-state index contributed by atoms with van der Waals surface area (Å²) in [4.78, 5) is 12.6. The molecule has 0 aliphatic heterocycles. The smallest absolute Gasteiger partial charge is 0.396 e. The van der Waals surface area contributed by atoms with E-state index in [0.29, 0.717) is 11.5 Å². The monoisotopic (exact) mass is 453 g/mol. The lowest BCUT2D eigenvalue weighted by Gasteiger charge is -2.28. The number of hydrogen-bond donors (Lipinski definition) is 0. The van der Waals surface area contributed by atoms with Crippen LogP contribution in [0.3, 0.4) is 0 Å². The van der Waals surface area contributed by atoms with Crippen molar-refractivity contribution < 1.29 is 36.2 Å². The quantitative estimate of drug-likeness (QED) is 0.325. The Kier molecular flexibility index (Phi) is 8.35. The van der Waals surface area contributed by atoms with Crippen LogP contribution in [0.25, 0.3) is 0 Å². The number of ether oxygens (including phenoxy) is 2. The molecule has 0 saturated carbocycles. The van der Waals surface area contributed by atoms with Gasteiger partial charge in [0.1, 0.15) is 17.6 Å². The highest BCUT2D eigenvalue weighted by molar-refractivity contribution is 5.74. The van der Waals surface area contributed by atoms with Crippen LogP contribution in [0.1, 0.15) is 25.5 Å². The number of nitriles is 1. The highest BCUT2D eigenvalue weighted by Crippen LogP contribution is 2.39. The average molecular weight is 453 g/mol. The van der Waals surface area contributed by atoms with Crippen molar-refractivity contribution in [1.82, 2.24) is 0 Å². The summed E-state index contributed by atoms with van der Waals surface area (Å²) in [6, 6.07) is 16.3. The van der Waals surface area contributed by atoms with Gasteiger partial charge in [0.2, 0.25) is 6.10 Å². The second kappa shape index (κ2) is 10.8. The molecule has 0 bridgehead atoms. The number of rotatable bonds is 8. The van der Waals surface area contributed by atoms with Gasteiger partial charge >= 0.3 is 12.1 Å². The largest absolute Gasteiger partial charge is 0.457 e. The fourth-order valence-corrected chi connectivity index (χ4v) is 3.10. The predicted octanol–water partition coefficient (Wildman–Crippen LogP) is 6.82. The van der Waals surface area contributed by atoms with Crippen molar-refractivity contribution in [3.05, 3.63) is 72.3 Å². The van der Waals surface area contributed by atoms with Crippen molar-refractivity contribution in [3.63, 3.8) is 0 Å². The molecule has 0 amide bonds. The van der Waals surface area contributed by atoms with E-state index in [-0.39, 0.29) is 11.6 Å². The van der Waals surface area contributed by atoms with Gasteiger partial charge in [-0.05, 0) is 36.3 Å². The first-order valence-corrected chi connectivity index (χ1v) is 9.55. The summed E-state index contributed by atoms with van der Waals surface area (Å²) in [6.45, 7) is 2.56. The molecule has 0 fully saturated rings. The summed E-state index contributed by atoms with van der Waals surface area (Å²) < 4.78 is 76.2. The predicted molar refractivity (Wildman–Crippen MR) is 106 cm³/mol. The number of carbonyl (C=O) groups is 1. The molecule has 0 spiro atoms. The van der Waals surface area contributed by atoms with Gasteiger partial charge in [-0.3, -0.25) is 4.79 Å². The molecule has 3 unspecified atom stereocenters. The molecule has 32 heavy (non-hydrogen) atoms. The fraction of sp³-hybridized carbons (Fsp3) is 0.304. The number of esters is 1. The second-order valence-corrected chi connectivity index (χ2v) is 7.23. The van der Waals surface area contributed by atoms with Crippen LogP contribution in [-0.4, -0.2) is 12.1 Å². The molecule has 9 heteroatoms. The first kappa shape index (κ1) is 24.9. The highest BCUT2D eigenvalue weighted by Gasteiger charge is 2.49. The first-order valence-electron chi connectivity index (χ1n) is 9.55. The molecule has 0 heterocycles. The summed E-state index contributed by atoms with van der Waals surface area (Å²) >= 11 is 0. The van der Waals surface area contributed by atoms with E-state index >= 15 is 0 Å². The molecule has 2 aromatic carbocycles. The number of halogens is 5. The number of carbonyl (C=O) groups excluding carboxylic acids is 1. The lowest BCUT2D eigenvalue weighted by atomic mass is 9.82. The molecule has 3 atom stereocenters. The van der Waals surface area contributed by atoms with E-state index in [4.69, 9.17) is 9.47 Å². The van der Waals surface area contributed by atoms with Crippen LogP contribution < -0.4 is 4.74 Å². The lowest BCUT2D eigenvalue weighted by molar-refractivity contribution is -0.193. The maximum atomic E-state index is 13.4. The van der Waals surface area contributed by atoms with Gasteiger partial charge < -0.3 is 9.47 Å². The van der Waals surface area contributed by atoms with E-state index in [1.165, 1.54) is 32.0 Å². The fourth-order valence-electron chi connectivity index (χ4n) is 3.10. The minimum Gasteiger partial charge on any atom is -0.457 e. The molecule has 170 valence electrons. The van der Waals surface area contributed by atoms with Crippen LogP contribution in [0.5, 0.6) is 11.5 Å². The standard InChI is InChI=1S/C23H20F5NO3/c1-14(2)21(18(12-20(24)25)23(26,27)28)22(30)32-19(13-29)15-7-6-10-17(11-15)31-16-8-4-3-5-9-16/h3-12,14,18-19,21H,1-2H3. The van der Waals surface area contributed by atoms with Gasteiger partial charge in [0, 0.05) is 5.56 Å². The van der Waals surface area contributed by atoms with Gasteiger partial charge in [0.25, 0.3) is 6.08 Å². The Labute approximate surface area is 181 Å². The molecule has 4 nitrogen and oxygen atoms in total. The number of alkyl halides is 3. The Balaban J connectivity index is 2.28. The van der Waals surface area contributed by atoms with Crippen LogP contribution in [0, 0.1) is 29.1 Å². The lowest BCUT2D eigenvalue weighted by Crippen LogP contribution is -2.38. The normalized spacial score (nSPS) is 14.1. The molecular weight excluding hydrogens is 433 g/mol. The maximum Gasteiger partial charge on any atom is 0.396 e. The van der Waals surface area contributed by atoms with Gasteiger partial charge in [0.15, 0.2) is 0 Å². The number of nitrogens with zero attached hydrogens (tertiary/aromatic N) is 1. The molecule has 0 radical (unpaired) electrons. The van der Waals surface area contributed by atoms with Crippen molar-refractivity contribution in [2.75, 3.05) is 0 Å². The molecule has 2 rings (SSSR count). The van der Waals surface area contributed by atoms with E-state index in [1.807, 2.05) is 0 Å². The Bertz CT molecular complexity index is 979.